The van der Waals surface area contributed by atoms with Gasteiger partial charge in [0.15, 0.2) is 5.78 Å². The Morgan fingerprint density at radius 3 is 2.23 bits per heavy atom. The molecule has 118 valence electrons. The first-order valence-electron chi connectivity index (χ1n) is 8.02. The highest BCUT2D eigenvalue weighted by Gasteiger charge is 2.15. The van der Waals surface area contributed by atoms with Crippen LogP contribution in [0.5, 0.6) is 5.75 Å². The number of Topliss-reactive ketones (excluding diaryl/α,β-unsaturated/α-hetero) is 1. The molecule has 0 aromatic heterocycles. The van der Waals surface area contributed by atoms with E-state index in [1.54, 1.807) is 7.11 Å². The van der Waals surface area contributed by atoms with Gasteiger partial charge in [0.1, 0.15) is 5.75 Å². The summed E-state index contributed by atoms with van der Waals surface area (Å²) in [6.45, 7) is 6.71. The summed E-state index contributed by atoms with van der Waals surface area (Å²) in [4.78, 5) is 15.0. The molecule has 3 heteroatoms. The number of ketones is 1. The SMILES string of the molecule is CCCN(CCC)CC(=O)c1ccc(OC)c2ccccc12. The van der Waals surface area contributed by atoms with Crippen LogP contribution in [0.4, 0.5) is 0 Å². The van der Waals surface area contributed by atoms with E-state index in [0.717, 1.165) is 48.0 Å². The van der Waals surface area contributed by atoms with Crippen LogP contribution in [0.2, 0.25) is 0 Å². The quantitative estimate of drug-likeness (QED) is 0.686. The van der Waals surface area contributed by atoms with Crippen LogP contribution in [-0.2, 0) is 0 Å². The Bertz CT molecular complexity index is 630. The molecule has 2 rings (SSSR count). The van der Waals surface area contributed by atoms with Gasteiger partial charge in [0.05, 0.1) is 13.7 Å². The molecule has 2 aromatic carbocycles. The van der Waals surface area contributed by atoms with E-state index in [2.05, 4.69) is 18.7 Å². The van der Waals surface area contributed by atoms with Gasteiger partial charge in [0.25, 0.3) is 0 Å². The fourth-order valence-electron chi connectivity index (χ4n) is 2.88. The number of hydrogen-bond donors (Lipinski definition) is 0. The summed E-state index contributed by atoms with van der Waals surface area (Å²) >= 11 is 0. The van der Waals surface area contributed by atoms with Crippen molar-refractivity contribution in [2.75, 3.05) is 26.7 Å². The second-order valence-electron chi connectivity index (χ2n) is 5.56. The Morgan fingerprint density at radius 1 is 1.00 bits per heavy atom. The number of carbonyl (C=O) groups excluding carboxylic acids is 1. The maximum absolute atomic E-state index is 12.7. The van der Waals surface area contributed by atoms with Gasteiger partial charge in [0.2, 0.25) is 0 Å². The highest BCUT2D eigenvalue weighted by molar-refractivity contribution is 6.10. The molecule has 0 aliphatic rings. The molecule has 0 radical (unpaired) electrons. The predicted octanol–water partition coefficient (Wildman–Crippen LogP) is 4.15. The third-order valence-electron chi connectivity index (χ3n) is 3.85. The topological polar surface area (TPSA) is 29.5 Å². The molecule has 0 N–H and O–H groups in total. The molecule has 2 aromatic rings. The summed E-state index contributed by atoms with van der Waals surface area (Å²) in [5, 5.41) is 1.97. The number of rotatable bonds is 8. The largest absolute Gasteiger partial charge is 0.496 e. The number of benzene rings is 2. The van der Waals surface area contributed by atoms with Gasteiger partial charge in [0, 0.05) is 10.9 Å². The lowest BCUT2D eigenvalue weighted by Gasteiger charge is -2.20. The van der Waals surface area contributed by atoms with E-state index in [4.69, 9.17) is 4.74 Å². The molecule has 0 unspecified atom stereocenters. The zero-order chi connectivity index (χ0) is 15.9. The second kappa shape index (κ2) is 7.95. The van der Waals surface area contributed by atoms with Crippen molar-refractivity contribution in [3.05, 3.63) is 42.0 Å². The number of methoxy groups -OCH3 is 1. The van der Waals surface area contributed by atoms with Gasteiger partial charge in [-0.05, 0) is 43.5 Å². The Balaban J connectivity index is 2.32. The van der Waals surface area contributed by atoms with Gasteiger partial charge in [-0.15, -0.1) is 0 Å². The number of hydrogen-bond acceptors (Lipinski definition) is 3. The summed E-state index contributed by atoms with van der Waals surface area (Å²) in [7, 11) is 1.66. The van der Waals surface area contributed by atoms with Gasteiger partial charge in [-0.1, -0.05) is 38.1 Å². The van der Waals surface area contributed by atoms with E-state index < -0.39 is 0 Å². The van der Waals surface area contributed by atoms with Gasteiger partial charge >= 0.3 is 0 Å². The third-order valence-corrected chi connectivity index (χ3v) is 3.85. The van der Waals surface area contributed by atoms with Crippen molar-refractivity contribution in [1.29, 1.82) is 0 Å². The lowest BCUT2D eigenvalue weighted by atomic mass is 10.00. The number of nitrogens with zero attached hydrogens (tertiary/aromatic N) is 1. The standard InChI is InChI=1S/C19H25NO2/c1-4-12-20(13-5-2)14-18(21)16-10-11-19(22-3)17-9-7-6-8-15(16)17/h6-11H,4-5,12-14H2,1-3H3. The summed E-state index contributed by atoms with van der Waals surface area (Å²) in [6, 6.07) is 11.7. The Kier molecular flexibility index (Phi) is 5.96. The summed E-state index contributed by atoms with van der Waals surface area (Å²) in [5.41, 5.74) is 0.786. The molecule has 0 amide bonds. The van der Waals surface area contributed by atoms with E-state index in [1.807, 2.05) is 36.4 Å². The first-order chi connectivity index (χ1) is 10.7. The summed E-state index contributed by atoms with van der Waals surface area (Å²) < 4.78 is 5.40. The molecule has 0 atom stereocenters. The van der Waals surface area contributed by atoms with Crippen molar-refractivity contribution in [3.8, 4) is 5.75 Å². The molecule has 0 aliphatic heterocycles. The van der Waals surface area contributed by atoms with Gasteiger partial charge < -0.3 is 4.74 Å². The molecule has 3 nitrogen and oxygen atoms in total. The molecule has 0 bridgehead atoms. The van der Waals surface area contributed by atoms with Crippen LogP contribution < -0.4 is 4.74 Å². The molecule has 0 saturated heterocycles. The third kappa shape index (κ3) is 3.66. The van der Waals surface area contributed by atoms with Crippen molar-refractivity contribution >= 4 is 16.6 Å². The van der Waals surface area contributed by atoms with Gasteiger partial charge in [-0.2, -0.15) is 0 Å². The fourth-order valence-corrected chi connectivity index (χ4v) is 2.88. The fraction of sp³-hybridized carbons (Fsp3) is 0.421. The van der Waals surface area contributed by atoms with E-state index >= 15 is 0 Å². The van der Waals surface area contributed by atoms with Crippen LogP contribution in [0, 0.1) is 0 Å². The van der Waals surface area contributed by atoms with Crippen molar-refractivity contribution in [2.24, 2.45) is 0 Å². The first-order valence-corrected chi connectivity index (χ1v) is 8.02. The Hall–Kier alpha value is -1.87. The van der Waals surface area contributed by atoms with Crippen LogP contribution >= 0.6 is 0 Å². The van der Waals surface area contributed by atoms with E-state index in [-0.39, 0.29) is 5.78 Å². The minimum atomic E-state index is 0.181. The molecule has 0 spiro atoms. The first kappa shape index (κ1) is 16.5. The molecule has 22 heavy (non-hydrogen) atoms. The van der Waals surface area contributed by atoms with E-state index in [0.29, 0.717) is 6.54 Å². The zero-order valence-electron chi connectivity index (χ0n) is 13.8. The van der Waals surface area contributed by atoms with Crippen LogP contribution in [0.1, 0.15) is 37.0 Å². The summed E-state index contributed by atoms with van der Waals surface area (Å²) in [6.07, 6.45) is 2.13. The lowest BCUT2D eigenvalue weighted by Crippen LogP contribution is -2.31. The number of ether oxygens (including phenoxy) is 1. The van der Waals surface area contributed by atoms with Gasteiger partial charge in [-0.25, -0.2) is 0 Å². The monoisotopic (exact) mass is 299 g/mol. The van der Waals surface area contributed by atoms with Gasteiger partial charge in [-0.3, -0.25) is 9.69 Å². The highest BCUT2D eigenvalue weighted by Crippen LogP contribution is 2.28. The number of carbonyl (C=O) groups is 1. The highest BCUT2D eigenvalue weighted by atomic mass is 16.5. The lowest BCUT2D eigenvalue weighted by molar-refractivity contribution is 0.0932. The molecule has 0 heterocycles. The van der Waals surface area contributed by atoms with E-state index in [9.17, 15) is 4.79 Å². The van der Waals surface area contributed by atoms with Crippen LogP contribution in [0.3, 0.4) is 0 Å². The minimum absolute atomic E-state index is 0.181. The second-order valence-corrected chi connectivity index (χ2v) is 5.56. The van der Waals surface area contributed by atoms with Crippen molar-refractivity contribution < 1.29 is 9.53 Å². The predicted molar refractivity (Wildman–Crippen MR) is 91.9 cm³/mol. The molecule has 0 fully saturated rings. The van der Waals surface area contributed by atoms with Crippen molar-refractivity contribution in [1.82, 2.24) is 4.90 Å². The number of fused-ring (bicyclic) bond motifs is 1. The molecular formula is C19H25NO2. The maximum atomic E-state index is 12.7. The normalized spacial score (nSPS) is 11.1. The van der Waals surface area contributed by atoms with Crippen molar-refractivity contribution in [3.63, 3.8) is 0 Å². The zero-order valence-corrected chi connectivity index (χ0v) is 13.8. The average molecular weight is 299 g/mol. The summed E-state index contributed by atoms with van der Waals surface area (Å²) in [5.74, 6) is 0.992. The van der Waals surface area contributed by atoms with Crippen molar-refractivity contribution in [2.45, 2.75) is 26.7 Å². The molecule has 0 saturated carbocycles. The van der Waals surface area contributed by atoms with Crippen LogP contribution in [-0.4, -0.2) is 37.4 Å². The smallest absolute Gasteiger partial charge is 0.177 e. The maximum Gasteiger partial charge on any atom is 0.177 e. The Labute approximate surface area is 132 Å². The average Bonchev–Trinajstić information content (AvgIpc) is 2.54. The van der Waals surface area contributed by atoms with E-state index in [1.165, 1.54) is 0 Å². The van der Waals surface area contributed by atoms with Crippen LogP contribution in [0.25, 0.3) is 10.8 Å². The molecular weight excluding hydrogens is 274 g/mol. The van der Waals surface area contributed by atoms with Crippen LogP contribution in [0.15, 0.2) is 36.4 Å². The minimum Gasteiger partial charge on any atom is -0.496 e. The Morgan fingerprint density at radius 2 is 1.64 bits per heavy atom. The molecule has 0 aliphatic carbocycles.